The van der Waals surface area contributed by atoms with E-state index in [2.05, 4.69) is 18.2 Å². The second kappa shape index (κ2) is 6.39. The molecule has 5 atom stereocenters. The predicted octanol–water partition coefficient (Wildman–Crippen LogP) is -0.494. The Morgan fingerprint density at radius 3 is 2.71 bits per heavy atom. The maximum atomic E-state index is 10.3. The molecule has 0 spiro atoms. The highest BCUT2D eigenvalue weighted by Crippen LogP contribution is 2.34. The molecule has 0 radical (unpaired) electrons. The molecule has 1 aliphatic rings. The van der Waals surface area contributed by atoms with Gasteiger partial charge in [-0.1, -0.05) is 17.7 Å². The van der Waals surface area contributed by atoms with Gasteiger partial charge in [0.25, 0.3) is 0 Å². The van der Waals surface area contributed by atoms with Gasteiger partial charge in [0, 0.05) is 7.11 Å². The van der Waals surface area contributed by atoms with Crippen molar-refractivity contribution in [2.75, 3.05) is 13.7 Å². The van der Waals surface area contributed by atoms with E-state index in [0.717, 1.165) is 0 Å². The molecule has 1 fully saturated rings. The number of hydrogen-bond acceptors (Lipinski definition) is 8. The maximum Gasteiger partial charge on any atom is 0.200 e. The normalized spacial score (nSPS) is 42.4. The Morgan fingerprint density at radius 1 is 1.65 bits per heavy atom. The van der Waals surface area contributed by atoms with Crippen LogP contribution in [0.3, 0.4) is 0 Å². The molecule has 1 heterocycles. The van der Waals surface area contributed by atoms with E-state index in [-0.39, 0.29) is 0 Å². The van der Waals surface area contributed by atoms with Crippen LogP contribution in [-0.2, 0) is 13.7 Å². The van der Waals surface area contributed by atoms with Crippen molar-refractivity contribution in [3.63, 3.8) is 0 Å². The van der Waals surface area contributed by atoms with Crippen molar-refractivity contribution >= 4 is 22.7 Å². The molecule has 0 amide bonds. The van der Waals surface area contributed by atoms with Gasteiger partial charge >= 0.3 is 0 Å². The molecular weight excluding hydrogens is 268 g/mol. The van der Waals surface area contributed by atoms with E-state index < -0.39 is 36.8 Å². The minimum Gasteiger partial charge on any atom is -0.394 e. The van der Waals surface area contributed by atoms with Crippen LogP contribution in [0.5, 0.6) is 0 Å². The average Bonchev–Trinajstić information content (AvgIpc) is 2.33. The highest BCUT2D eigenvalue weighted by molar-refractivity contribution is 8.66. The molecule has 6 nitrogen and oxygen atoms in total. The summed E-state index contributed by atoms with van der Waals surface area (Å²) in [6.07, 6.45) is -3.13. The van der Waals surface area contributed by atoms with Gasteiger partial charge in [-0.3, -0.25) is 4.18 Å². The van der Waals surface area contributed by atoms with E-state index in [0.29, 0.717) is 11.1 Å². The van der Waals surface area contributed by atoms with E-state index in [1.807, 2.05) is 0 Å². The van der Waals surface area contributed by atoms with Crippen molar-refractivity contribution in [1.29, 1.82) is 0 Å². The minimum absolute atomic E-state index is 0.466. The van der Waals surface area contributed by atoms with Crippen LogP contribution in [0.25, 0.3) is 0 Å². The first-order valence-electron chi connectivity index (χ1n) is 4.85. The fourth-order valence-corrected chi connectivity index (χ4v) is 2.34. The molecule has 0 aliphatic carbocycles. The van der Waals surface area contributed by atoms with Crippen LogP contribution in [-0.4, -0.2) is 59.2 Å². The molecule has 0 aromatic carbocycles. The first kappa shape index (κ1) is 15.3. The molecule has 8 heteroatoms. The first-order valence-corrected chi connectivity index (χ1v) is 6.64. The van der Waals surface area contributed by atoms with Crippen molar-refractivity contribution in [3.8, 4) is 0 Å². The van der Waals surface area contributed by atoms with Crippen LogP contribution >= 0.6 is 22.7 Å². The van der Waals surface area contributed by atoms with Crippen molar-refractivity contribution in [2.24, 2.45) is 0 Å². The second-order valence-electron chi connectivity index (χ2n) is 3.58. The maximum absolute atomic E-state index is 10.3. The quantitative estimate of drug-likeness (QED) is 0.234. The monoisotopic (exact) mass is 284 g/mol. The van der Waals surface area contributed by atoms with Crippen molar-refractivity contribution in [3.05, 3.63) is 12.7 Å². The summed E-state index contributed by atoms with van der Waals surface area (Å²) in [5, 5.41) is 29.4. The highest BCUT2D eigenvalue weighted by Gasteiger charge is 2.54. The van der Waals surface area contributed by atoms with Crippen molar-refractivity contribution < 1.29 is 29.0 Å². The fourth-order valence-electron chi connectivity index (χ4n) is 1.84. The summed E-state index contributed by atoms with van der Waals surface area (Å²) < 4.78 is 15.2. The zero-order chi connectivity index (χ0) is 13.1. The summed E-state index contributed by atoms with van der Waals surface area (Å²) in [5.74, 6) is 0. The average molecular weight is 284 g/mol. The number of methoxy groups -OCH3 is 1. The van der Waals surface area contributed by atoms with E-state index in [1.54, 1.807) is 0 Å². The molecule has 1 rings (SSSR count). The minimum atomic E-state index is -1.69. The van der Waals surface area contributed by atoms with Gasteiger partial charge < -0.3 is 24.8 Å². The van der Waals surface area contributed by atoms with Gasteiger partial charge in [-0.15, -0.1) is 6.58 Å². The van der Waals surface area contributed by atoms with Crippen molar-refractivity contribution in [1.82, 2.24) is 0 Å². The predicted molar refractivity (Wildman–Crippen MR) is 65.4 cm³/mol. The molecule has 1 saturated heterocycles. The third-order valence-corrected chi connectivity index (χ3v) is 3.28. The number of rotatable bonds is 5. The number of aliphatic hydroxyl groups is 3. The molecule has 100 valence electrons. The van der Waals surface area contributed by atoms with Gasteiger partial charge in [-0.2, -0.15) is 0 Å². The molecule has 0 bridgehead atoms. The van der Waals surface area contributed by atoms with Crippen LogP contribution in [0.4, 0.5) is 0 Å². The summed E-state index contributed by atoms with van der Waals surface area (Å²) in [6, 6.07) is 0. The fraction of sp³-hybridized carbons (Fsp3) is 0.778. The SMILES string of the molecule is C=CC1(O)C(CO)OC(OSS)C(O)C1OC. The molecular formula is C9H16O6S2. The topological polar surface area (TPSA) is 88.4 Å². The summed E-state index contributed by atoms with van der Waals surface area (Å²) in [5.41, 5.74) is -1.69. The Hall–Kier alpha value is 0.200. The van der Waals surface area contributed by atoms with E-state index in [4.69, 9.17) is 13.7 Å². The van der Waals surface area contributed by atoms with E-state index in [9.17, 15) is 15.3 Å². The first-order chi connectivity index (χ1) is 8.04. The Kier molecular flexibility index (Phi) is 5.74. The molecule has 3 N–H and O–H groups in total. The molecule has 1 aliphatic heterocycles. The van der Waals surface area contributed by atoms with Crippen LogP contribution in [0.2, 0.25) is 0 Å². The van der Waals surface area contributed by atoms with E-state index >= 15 is 0 Å². The van der Waals surface area contributed by atoms with E-state index in [1.165, 1.54) is 13.2 Å². The second-order valence-corrected chi connectivity index (χ2v) is 4.37. The summed E-state index contributed by atoms with van der Waals surface area (Å²) >= 11 is 4.48. The Morgan fingerprint density at radius 2 is 2.29 bits per heavy atom. The number of thiol groups is 1. The summed E-state index contributed by atoms with van der Waals surface area (Å²) in [7, 11) is 1.33. The standard InChI is InChI=1S/C9H16O6S2/c1-3-9(12)5(4-10)14-8(15-17-16)6(11)7(9)13-2/h3,5-8,10-12,16H,1,4H2,2H3. The highest BCUT2D eigenvalue weighted by atomic mass is 33.1. The van der Waals surface area contributed by atoms with Gasteiger partial charge in [-0.05, 0) is 0 Å². The lowest BCUT2D eigenvalue weighted by Crippen LogP contribution is -2.66. The Labute approximate surface area is 109 Å². The summed E-state index contributed by atoms with van der Waals surface area (Å²) in [4.78, 5) is 0. The third-order valence-electron chi connectivity index (χ3n) is 2.74. The zero-order valence-electron chi connectivity index (χ0n) is 9.22. The van der Waals surface area contributed by atoms with Gasteiger partial charge in [0.05, 0.1) is 17.7 Å². The molecule has 0 aromatic heterocycles. The Balaban J connectivity index is 2.97. The lowest BCUT2D eigenvalue weighted by molar-refractivity contribution is -0.301. The van der Waals surface area contributed by atoms with Crippen LogP contribution in [0.15, 0.2) is 12.7 Å². The van der Waals surface area contributed by atoms with Crippen LogP contribution in [0, 0.1) is 0 Å². The lowest BCUT2D eigenvalue weighted by atomic mass is 9.84. The number of hydrogen-bond donors (Lipinski definition) is 4. The molecule has 17 heavy (non-hydrogen) atoms. The van der Waals surface area contributed by atoms with Crippen LogP contribution in [0.1, 0.15) is 0 Å². The van der Waals surface area contributed by atoms with Gasteiger partial charge in [0.1, 0.15) is 23.9 Å². The summed E-state index contributed by atoms with van der Waals surface area (Å²) in [6.45, 7) is 3.00. The number of aliphatic hydroxyl groups excluding tert-OH is 2. The van der Waals surface area contributed by atoms with Crippen LogP contribution < -0.4 is 0 Å². The zero-order valence-corrected chi connectivity index (χ0v) is 10.9. The lowest BCUT2D eigenvalue weighted by Gasteiger charge is -2.47. The van der Waals surface area contributed by atoms with Gasteiger partial charge in [0.2, 0.25) is 6.29 Å². The van der Waals surface area contributed by atoms with Gasteiger partial charge in [0.15, 0.2) is 0 Å². The molecule has 0 saturated carbocycles. The number of ether oxygens (including phenoxy) is 2. The Bertz CT molecular complexity index is 266. The largest absolute Gasteiger partial charge is 0.394 e. The smallest absolute Gasteiger partial charge is 0.200 e. The van der Waals surface area contributed by atoms with Crippen molar-refractivity contribution in [2.45, 2.75) is 30.2 Å². The molecule has 5 unspecified atom stereocenters. The molecule has 0 aromatic rings. The third kappa shape index (κ3) is 2.79. The van der Waals surface area contributed by atoms with Gasteiger partial charge in [-0.25, -0.2) is 0 Å².